The number of benzene rings is 1. The number of hydrogen-bond acceptors (Lipinski definition) is 4. The van der Waals surface area contributed by atoms with Crippen molar-refractivity contribution in [2.75, 3.05) is 18.4 Å². The largest absolute Gasteiger partial charge is 0.351 e. The Morgan fingerprint density at radius 1 is 1.17 bits per heavy atom. The summed E-state index contributed by atoms with van der Waals surface area (Å²) >= 11 is 3.28. The fraction of sp³-hybridized carbons (Fsp3) is 0.188. The average molecular weight is 377 g/mol. The Kier molecular flexibility index (Phi) is 5.84. The van der Waals surface area contributed by atoms with Crippen LogP contribution in [0.5, 0.6) is 0 Å². The van der Waals surface area contributed by atoms with Crippen molar-refractivity contribution in [1.29, 1.82) is 0 Å². The Morgan fingerprint density at radius 3 is 2.61 bits per heavy atom. The van der Waals surface area contributed by atoms with Gasteiger partial charge in [-0.25, -0.2) is 0 Å². The van der Waals surface area contributed by atoms with Crippen LogP contribution < -0.4 is 16.4 Å². The predicted octanol–water partition coefficient (Wildman–Crippen LogP) is 2.09. The Bertz CT molecular complexity index is 734. The molecule has 0 spiro atoms. The third kappa shape index (κ3) is 4.61. The molecule has 2 aromatic rings. The maximum absolute atomic E-state index is 12.2. The van der Waals surface area contributed by atoms with Crippen LogP contribution in [-0.2, 0) is 0 Å². The van der Waals surface area contributed by atoms with E-state index in [4.69, 9.17) is 5.73 Å². The number of pyridine rings is 1. The molecule has 6 nitrogen and oxygen atoms in total. The van der Waals surface area contributed by atoms with Crippen LogP contribution in [0.4, 0.5) is 5.69 Å². The molecule has 0 bridgehead atoms. The third-order valence-electron chi connectivity index (χ3n) is 3.13. The highest BCUT2D eigenvalue weighted by Gasteiger charge is 2.11. The summed E-state index contributed by atoms with van der Waals surface area (Å²) < 4.78 is 0.730. The Balaban J connectivity index is 2.12. The van der Waals surface area contributed by atoms with Crippen LogP contribution in [0.1, 0.15) is 26.3 Å². The van der Waals surface area contributed by atoms with Gasteiger partial charge in [-0.1, -0.05) is 0 Å². The Hall–Kier alpha value is -2.25. The zero-order chi connectivity index (χ0) is 16.8. The lowest BCUT2D eigenvalue weighted by Gasteiger charge is -2.10. The van der Waals surface area contributed by atoms with Gasteiger partial charge in [-0.2, -0.15) is 0 Å². The molecule has 1 aromatic heterocycles. The topological polar surface area (TPSA) is 97.1 Å². The fourth-order valence-electron chi connectivity index (χ4n) is 1.96. The van der Waals surface area contributed by atoms with Crippen molar-refractivity contribution in [3.63, 3.8) is 0 Å². The van der Waals surface area contributed by atoms with Gasteiger partial charge < -0.3 is 16.4 Å². The number of anilines is 1. The number of aryl methyl sites for hydroxylation is 1. The summed E-state index contributed by atoms with van der Waals surface area (Å²) in [5, 5.41) is 5.51. The molecule has 4 N–H and O–H groups in total. The van der Waals surface area contributed by atoms with E-state index in [2.05, 4.69) is 31.5 Å². The molecule has 120 valence electrons. The molecular weight excluding hydrogens is 360 g/mol. The highest BCUT2D eigenvalue weighted by molar-refractivity contribution is 9.10. The normalized spacial score (nSPS) is 10.2. The van der Waals surface area contributed by atoms with Gasteiger partial charge in [0.1, 0.15) is 0 Å². The summed E-state index contributed by atoms with van der Waals surface area (Å²) in [5.41, 5.74) is 7.77. The molecule has 0 saturated heterocycles. The van der Waals surface area contributed by atoms with Crippen molar-refractivity contribution in [2.24, 2.45) is 5.73 Å². The first-order chi connectivity index (χ1) is 11.0. The van der Waals surface area contributed by atoms with Gasteiger partial charge >= 0.3 is 0 Å². The van der Waals surface area contributed by atoms with E-state index in [-0.39, 0.29) is 11.8 Å². The number of hydrogen-bond donors (Lipinski definition) is 3. The summed E-state index contributed by atoms with van der Waals surface area (Å²) in [7, 11) is 0. The fourth-order valence-corrected chi connectivity index (χ4v) is 2.33. The van der Waals surface area contributed by atoms with Crippen LogP contribution in [0.25, 0.3) is 0 Å². The van der Waals surface area contributed by atoms with Gasteiger partial charge in [0.15, 0.2) is 0 Å². The van der Waals surface area contributed by atoms with Gasteiger partial charge in [0.25, 0.3) is 11.8 Å². The van der Waals surface area contributed by atoms with Crippen LogP contribution in [0.3, 0.4) is 0 Å². The molecule has 0 fully saturated rings. The molecular formula is C16H17BrN4O2. The van der Waals surface area contributed by atoms with E-state index in [9.17, 15) is 9.59 Å². The van der Waals surface area contributed by atoms with Gasteiger partial charge in [0.2, 0.25) is 0 Å². The van der Waals surface area contributed by atoms with Crippen LogP contribution in [0, 0.1) is 6.92 Å². The van der Waals surface area contributed by atoms with Gasteiger partial charge in [-0.15, -0.1) is 0 Å². The molecule has 0 unspecified atom stereocenters. The Labute approximate surface area is 142 Å². The van der Waals surface area contributed by atoms with E-state index < -0.39 is 0 Å². The summed E-state index contributed by atoms with van der Waals surface area (Å²) in [4.78, 5) is 28.1. The number of nitrogens with zero attached hydrogens (tertiary/aromatic N) is 1. The van der Waals surface area contributed by atoms with Crippen molar-refractivity contribution in [3.8, 4) is 0 Å². The lowest BCUT2D eigenvalue weighted by molar-refractivity contribution is 0.0954. The monoisotopic (exact) mass is 376 g/mol. The average Bonchev–Trinajstić information content (AvgIpc) is 2.54. The molecule has 23 heavy (non-hydrogen) atoms. The smallest absolute Gasteiger partial charge is 0.257 e. The first-order valence-electron chi connectivity index (χ1n) is 7.02. The number of halogens is 1. The minimum Gasteiger partial charge on any atom is -0.351 e. The van der Waals surface area contributed by atoms with Crippen LogP contribution in [0.2, 0.25) is 0 Å². The second-order valence-electron chi connectivity index (χ2n) is 4.92. The second-order valence-corrected chi connectivity index (χ2v) is 5.84. The zero-order valence-electron chi connectivity index (χ0n) is 12.6. The number of nitrogens with one attached hydrogen (secondary N) is 2. The quantitative estimate of drug-likeness (QED) is 0.743. The summed E-state index contributed by atoms with van der Waals surface area (Å²) in [6.45, 7) is 2.64. The van der Waals surface area contributed by atoms with E-state index in [0.717, 1.165) is 10.0 Å². The second kappa shape index (κ2) is 7.85. The highest BCUT2D eigenvalue weighted by Crippen LogP contribution is 2.18. The predicted molar refractivity (Wildman–Crippen MR) is 92.5 cm³/mol. The van der Waals surface area contributed by atoms with Gasteiger partial charge in [0, 0.05) is 41.2 Å². The van der Waals surface area contributed by atoms with E-state index in [0.29, 0.717) is 29.9 Å². The molecule has 0 aliphatic heterocycles. The third-order valence-corrected chi connectivity index (χ3v) is 3.57. The first-order valence-corrected chi connectivity index (χ1v) is 7.81. The first kappa shape index (κ1) is 17.1. The Morgan fingerprint density at radius 2 is 1.96 bits per heavy atom. The van der Waals surface area contributed by atoms with Crippen LogP contribution >= 0.6 is 15.9 Å². The van der Waals surface area contributed by atoms with Crippen LogP contribution in [0.15, 0.2) is 41.1 Å². The highest BCUT2D eigenvalue weighted by atomic mass is 79.9. The molecule has 0 aliphatic carbocycles. The molecule has 1 aromatic carbocycles. The number of amides is 2. The van der Waals surface area contributed by atoms with Crippen molar-refractivity contribution in [1.82, 2.24) is 10.3 Å². The number of carbonyl (C=O) groups excluding carboxylic acids is 2. The number of aromatic nitrogens is 1. The standard InChI is InChI=1S/C16H17BrN4O2/c1-10-6-11(15(22)20-5-4-18)2-3-14(10)21-16(23)12-7-13(17)9-19-8-12/h2-3,6-9H,4-5,18H2,1H3,(H,20,22)(H,21,23). The minimum atomic E-state index is -0.262. The lowest BCUT2D eigenvalue weighted by Crippen LogP contribution is -2.29. The summed E-state index contributed by atoms with van der Waals surface area (Å²) in [5.74, 6) is -0.449. The maximum atomic E-state index is 12.2. The van der Waals surface area contributed by atoms with E-state index >= 15 is 0 Å². The summed E-state index contributed by atoms with van der Waals surface area (Å²) in [6.07, 6.45) is 3.10. The van der Waals surface area contributed by atoms with Crippen molar-refractivity contribution >= 4 is 33.4 Å². The van der Waals surface area contributed by atoms with E-state index in [1.807, 2.05) is 6.92 Å². The van der Waals surface area contributed by atoms with Crippen molar-refractivity contribution in [3.05, 3.63) is 57.8 Å². The molecule has 0 radical (unpaired) electrons. The zero-order valence-corrected chi connectivity index (χ0v) is 14.2. The van der Waals surface area contributed by atoms with E-state index in [1.54, 1.807) is 30.5 Å². The molecule has 0 aliphatic rings. The van der Waals surface area contributed by atoms with Crippen molar-refractivity contribution in [2.45, 2.75) is 6.92 Å². The summed E-state index contributed by atoms with van der Waals surface area (Å²) in [6, 6.07) is 6.77. The molecule has 1 heterocycles. The van der Waals surface area contributed by atoms with Gasteiger partial charge in [-0.3, -0.25) is 14.6 Å². The van der Waals surface area contributed by atoms with E-state index in [1.165, 1.54) is 6.20 Å². The SMILES string of the molecule is Cc1cc(C(=O)NCCN)ccc1NC(=O)c1cncc(Br)c1. The van der Waals surface area contributed by atoms with Crippen molar-refractivity contribution < 1.29 is 9.59 Å². The number of carbonyl (C=O) groups is 2. The van der Waals surface area contributed by atoms with Crippen LogP contribution in [-0.4, -0.2) is 29.9 Å². The molecule has 0 saturated carbocycles. The molecule has 0 atom stereocenters. The molecule has 2 rings (SSSR count). The maximum Gasteiger partial charge on any atom is 0.257 e. The number of nitrogens with two attached hydrogens (primary N) is 1. The minimum absolute atomic E-state index is 0.187. The molecule has 7 heteroatoms. The number of rotatable bonds is 5. The molecule has 2 amide bonds. The lowest BCUT2D eigenvalue weighted by atomic mass is 10.1. The van der Waals surface area contributed by atoms with Gasteiger partial charge in [0.05, 0.1) is 5.56 Å². The van der Waals surface area contributed by atoms with Gasteiger partial charge in [-0.05, 0) is 52.7 Å².